The molecule has 5 heteroatoms. The molecule has 92 valence electrons. The maximum atomic E-state index is 9.19. The summed E-state index contributed by atoms with van der Waals surface area (Å²) in [6, 6.07) is 2.58. The first-order chi connectivity index (χ1) is 7.95. The largest absolute Gasteiger partial charge is 0.297 e. The lowest BCUT2D eigenvalue weighted by atomic mass is 10.1. The molecule has 1 rings (SSSR count). The van der Waals surface area contributed by atoms with Crippen molar-refractivity contribution in [3.05, 3.63) is 18.0 Å². The molecular formula is C12H18N4S. The molecule has 17 heavy (non-hydrogen) atoms. The van der Waals surface area contributed by atoms with Crippen LogP contribution in [0.3, 0.4) is 0 Å². The number of aromatic nitrogens is 2. The van der Waals surface area contributed by atoms with Gasteiger partial charge in [0.15, 0.2) is 5.16 Å². The average Bonchev–Trinajstić information content (AvgIpc) is 2.27. The van der Waals surface area contributed by atoms with Crippen molar-refractivity contribution in [2.45, 2.75) is 44.4 Å². The maximum absolute atomic E-state index is 9.19. The number of hydrogen-bond acceptors (Lipinski definition) is 5. The van der Waals surface area contributed by atoms with Crippen LogP contribution < -0.4 is 5.32 Å². The van der Waals surface area contributed by atoms with Crippen LogP contribution in [0.4, 0.5) is 0 Å². The third kappa shape index (κ3) is 4.72. The van der Waals surface area contributed by atoms with Crippen LogP contribution in [0.2, 0.25) is 0 Å². The SMILES string of the molecule is Cc1cnc(SCC(C)(C#N)NC(C)C)nc1. The smallest absolute Gasteiger partial charge is 0.187 e. The summed E-state index contributed by atoms with van der Waals surface area (Å²) in [7, 11) is 0. The Morgan fingerprint density at radius 1 is 1.47 bits per heavy atom. The molecule has 0 bridgehead atoms. The summed E-state index contributed by atoms with van der Waals surface area (Å²) in [5.74, 6) is 0.630. The first-order valence-corrected chi connectivity index (χ1v) is 6.54. The van der Waals surface area contributed by atoms with E-state index in [0.29, 0.717) is 10.9 Å². The Morgan fingerprint density at radius 3 is 2.53 bits per heavy atom. The van der Waals surface area contributed by atoms with Crippen molar-refractivity contribution in [1.82, 2.24) is 15.3 Å². The van der Waals surface area contributed by atoms with Crippen LogP contribution in [-0.4, -0.2) is 27.3 Å². The Balaban J connectivity index is 2.59. The molecule has 0 aliphatic rings. The highest BCUT2D eigenvalue weighted by Crippen LogP contribution is 2.19. The van der Waals surface area contributed by atoms with Crippen molar-refractivity contribution < 1.29 is 0 Å². The molecule has 1 N–H and O–H groups in total. The second-order valence-electron chi connectivity index (χ2n) is 4.57. The van der Waals surface area contributed by atoms with Crippen molar-refractivity contribution in [2.75, 3.05) is 5.75 Å². The summed E-state index contributed by atoms with van der Waals surface area (Å²) in [6.07, 6.45) is 3.57. The summed E-state index contributed by atoms with van der Waals surface area (Å²) < 4.78 is 0. The van der Waals surface area contributed by atoms with E-state index >= 15 is 0 Å². The van der Waals surface area contributed by atoms with Crippen molar-refractivity contribution in [3.63, 3.8) is 0 Å². The standard InChI is InChI=1S/C12H18N4S/c1-9(2)16-12(4,7-13)8-17-11-14-5-10(3)6-15-11/h5-6,9,16H,8H2,1-4H3. The normalized spacial score (nSPS) is 14.4. The van der Waals surface area contributed by atoms with Crippen LogP contribution in [-0.2, 0) is 0 Å². The summed E-state index contributed by atoms with van der Waals surface area (Å²) in [6.45, 7) is 7.91. The lowest BCUT2D eigenvalue weighted by Gasteiger charge is -2.24. The van der Waals surface area contributed by atoms with E-state index in [-0.39, 0.29) is 6.04 Å². The minimum Gasteiger partial charge on any atom is -0.297 e. The van der Waals surface area contributed by atoms with Crippen LogP contribution in [0.1, 0.15) is 26.3 Å². The highest BCUT2D eigenvalue weighted by atomic mass is 32.2. The van der Waals surface area contributed by atoms with Crippen LogP contribution in [0.25, 0.3) is 0 Å². The number of aryl methyl sites for hydroxylation is 1. The summed E-state index contributed by atoms with van der Waals surface area (Å²) in [5, 5.41) is 13.2. The van der Waals surface area contributed by atoms with Gasteiger partial charge in [0.25, 0.3) is 0 Å². The van der Waals surface area contributed by atoms with E-state index in [1.165, 1.54) is 11.8 Å². The van der Waals surface area contributed by atoms with E-state index in [1.54, 1.807) is 12.4 Å². The fourth-order valence-corrected chi connectivity index (χ4v) is 2.23. The van der Waals surface area contributed by atoms with Crippen molar-refractivity contribution >= 4 is 11.8 Å². The van der Waals surface area contributed by atoms with Gasteiger partial charge in [0.1, 0.15) is 5.54 Å². The lowest BCUT2D eigenvalue weighted by Crippen LogP contribution is -2.47. The Kier molecular flexibility index (Phi) is 4.91. The van der Waals surface area contributed by atoms with Crippen LogP contribution >= 0.6 is 11.8 Å². The molecular weight excluding hydrogens is 232 g/mol. The molecule has 0 saturated heterocycles. The molecule has 0 aromatic carbocycles. The molecule has 0 fully saturated rings. The second kappa shape index (κ2) is 5.99. The van der Waals surface area contributed by atoms with Gasteiger partial charge < -0.3 is 0 Å². The maximum Gasteiger partial charge on any atom is 0.187 e. The minimum absolute atomic E-state index is 0.277. The zero-order chi connectivity index (χ0) is 12.9. The highest BCUT2D eigenvalue weighted by molar-refractivity contribution is 7.99. The molecule has 4 nitrogen and oxygen atoms in total. The fourth-order valence-electron chi connectivity index (χ4n) is 1.41. The molecule has 1 aromatic heterocycles. The summed E-state index contributed by atoms with van der Waals surface area (Å²) in [4.78, 5) is 8.42. The van der Waals surface area contributed by atoms with E-state index in [9.17, 15) is 5.26 Å². The van der Waals surface area contributed by atoms with E-state index in [2.05, 4.69) is 21.4 Å². The Hall–Kier alpha value is -1.12. The van der Waals surface area contributed by atoms with Gasteiger partial charge >= 0.3 is 0 Å². The Labute approximate surface area is 107 Å². The zero-order valence-corrected chi connectivity index (χ0v) is 11.5. The van der Waals surface area contributed by atoms with Gasteiger partial charge in [-0.05, 0) is 33.3 Å². The minimum atomic E-state index is -0.549. The molecule has 0 amide bonds. The van der Waals surface area contributed by atoms with Gasteiger partial charge in [-0.15, -0.1) is 0 Å². The summed E-state index contributed by atoms with van der Waals surface area (Å²) in [5.41, 5.74) is 0.491. The van der Waals surface area contributed by atoms with Crippen LogP contribution in [0.5, 0.6) is 0 Å². The quantitative estimate of drug-likeness (QED) is 0.641. The topological polar surface area (TPSA) is 61.6 Å². The number of hydrogen-bond donors (Lipinski definition) is 1. The lowest BCUT2D eigenvalue weighted by molar-refractivity contribution is 0.443. The molecule has 1 aromatic rings. The Bertz CT molecular complexity index is 396. The average molecular weight is 250 g/mol. The molecule has 0 spiro atoms. The van der Waals surface area contributed by atoms with Crippen molar-refractivity contribution in [3.8, 4) is 6.07 Å². The number of rotatable bonds is 5. The molecule has 1 atom stereocenters. The molecule has 0 aliphatic carbocycles. The van der Waals surface area contributed by atoms with Gasteiger partial charge in [0.05, 0.1) is 6.07 Å². The molecule has 1 heterocycles. The first kappa shape index (κ1) is 13.9. The third-order valence-corrected chi connectivity index (χ3v) is 3.29. The van der Waals surface area contributed by atoms with Crippen LogP contribution in [0, 0.1) is 18.3 Å². The van der Waals surface area contributed by atoms with Gasteiger partial charge in [-0.25, -0.2) is 9.97 Å². The van der Waals surface area contributed by atoms with Gasteiger partial charge in [-0.3, -0.25) is 5.32 Å². The highest BCUT2D eigenvalue weighted by Gasteiger charge is 2.24. The van der Waals surface area contributed by atoms with E-state index in [4.69, 9.17) is 0 Å². The first-order valence-electron chi connectivity index (χ1n) is 5.55. The fraction of sp³-hybridized carbons (Fsp3) is 0.583. The van der Waals surface area contributed by atoms with Gasteiger partial charge in [0, 0.05) is 24.2 Å². The number of nitrogens with zero attached hydrogens (tertiary/aromatic N) is 3. The number of nitriles is 1. The second-order valence-corrected chi connectivity index (χ2v) is 5.52. The summed E-state index contributed by atoms with van der Waals surface area (Å²) >= 11 is 1.50. The van der Waals surface area contributed by atoms with Crippen molar-refractivity contribution in [2.24, 2.45) is 0 Å². The van der Waals surface area contributed by atoms with E-state index < -0.39 is 5.54 Å². The molecule has 0 aliphatic heterocycles. The van der Waals surface area contributed by atoms with Crippen LogP contribution in [0.15, 0.2) is 17.6 Å². The molecule has 1 unspecified atom stereocenters. The van der Waals surface area contributed by atoms with E-state index in [0.717, 1.165) is 5.56 Å². The van der Waals surface area contributed by atoms with E-state index in [1.807, 2.05) is 27.7 Å². The molecule has 0 saturated carbocycles. The zero-order valence-electron chi connectivity index (χ0n) is 10.7. The Morgan fingerprint density at radius 2 is 2.06 bits per heavy atom. The number of nitrogens with one attached hydrogen (secondary N) is 1. The monoisotopic (exact) mass is 250 g/mol. The van der Waals surface area contributed by atoms with Crippen molar-refractivity contribution in [1.29, 1.82) is 5.26 Å². The predicted octanol–water partition coefficient (Wildman–Crippen LogP) is 2.16. The predicted molar refractivity (Wildman–Crippen MR) is 69.8 cm³/mol. The van der Waals surface area contributed by atoms with Gasteiger partial charge in [-0.2, -0.15) is 5.26 Å². The number of thioether (sulfide) groups is 1. The molecule has 0 radical (unpaired) electrons. The third-order valence-electron chi connectivity index (χ3n) is 2.10. The van der Waals surface area contributed by atoms with Gasteiger partial charge in [-0.1, -0.05) is 11.8 Å². The van der Waals surface area contributed by atoms with Gasteiger partial charge in [0.2, 0.25) is 0 Å².